The molecule has 1 N–H and O–H groups in total. The predicted molar refractivity (Wildman–Crippen MR) is 71.4 cm³/mol. The Labute approximate surface area is 110 Å². The average Bonchev–Trinajstić information content (AvgIpc) is 2.71. The fraction of sp³-hybridized carbons (Fsp3) is 0.286. The molecule has 1 saturated heterocycles. The van der Waals surface area contributed by atoms with Gasteiger partial charge in [-0.25, -0.2) is 0 Å². The van der Waals surface area contributed by atoms with Crippen molar-refractivity contribution in [3.8, 4) is 11.5 Å². The van der Waals surface area contributed by atoms with Crippen molar-refractivity contribution in [2.75, 3.05) is 13.7 Å². The van der Waals surface area contributed by atoms with Gasteiger partial charge in [-0.05, 0) is 12.5 Å². The number of amides is 1. The largest absolute Gasteiger partial charge is 0.504 e. The second kappa shape index (κ2) is 4.12. The second-order valence-electron chi connectivity index (χ2n) is 4.77. The Hall–Kier alpha value is -2.30. The quantitative estimate of drug-likeness (QED) is 0.782. The fourth-order valence-corrected chi connectivity index (χ4v) is 2.50. The van der Waals surface area contributed by atoms with Crippen LogP contribution in [0.3, 0.4) is 0 Å². The molecule has 1 atom stereocenters. The summed E-state index contributed by atoms with van der Waals surface area (Å²) in [6.07, 6.45) is 2.49. The Balaban J connectivity index is 2.11. The highest BCUT2D eigenvalue weighted by molar-refractivity contribution is 6.03. The number of fused-ring (bicyclic) bond motifs is 2. The van der Waals surface area contributed by atoms with Gasteiger partial charge in [-0.15, -0.1) is 0 Å². The van der Waals surface area contributed by atoms with Crippen LogP contribution in [0.5, 0.6) is 11.5 Å². The number of methoxy groups -OCH3 is 1. The van der Waals surface area contributed by atoms with Crippen LogP contribution in [0.15, 0.2) is 29.3 Å². The molecule has 1 aromatic carbocycles. The van der Waals surface area contributed by atoms with Crippen LogP contribution in [0.25, 0.3) is 0 Å². The normalized spacial score (nSPS) is 21.1. The van der Waals surface area contributed by atoms with Crippen LogP contribution in [-0.2, 0) is 0 Å². The Kier molecular flexibility index (Phi) is 2.55. The van der Waals surface area contributed by atoms with E-state index in [4.69, 9.17) is 4.74 Å². The molecule has 0 unspecified atom stereocenters. The van der Waals surface area contributed by atoms with Crippen LogP contribution < -0.4 is 4.74 Å². The third kappa shape index (κ3) is 1.78. The molecule has 0 spiro atoms. The monoisotopic (exact) mass is 258 g/mol. The van der Waals surface area contributed by atoms with Crippen molar-refractivity contribution in [3.05, 3.63) is 29.8 Å². The second-order valence-corrected chi connectivity index (χ2v) is 4.77. The van der Waals surface area contributed by atoms with Crippen LogP contribution in [0.1, 0.15) is 16.8 Å². The molecule has 3 rings (SSSR count). The number of aliphatic imine (C=N–C) groups is 1. The van der Waals surface area contributed by atoms with Crippen LogP contribution in [-0.4, -0.2) is 41.8 Å². The number of ether oxygens (including phenoxy) is 1. The SMILES string of the molecule is C=C1C[C@H]2C=Nc3cc(O)c(OC)cc3C(=O)N2C1. The van der Waals surface area contributed by atoms with Gasteiger partial charge in [0.2, 0.25) is 0 Å². The number of phenols is 1. The lowest BCUT2D eigenvalue weighted by atomic mass is 10.1. The Bertz CT molecular complexity index is 607. The van der Waals surface area contributed by atoms with Crippen molar-refractivity contribution in [1.29, 1.82) is 0 Å². The number of benzene rings is 1. The maximum absolute atomic E-state index is 12.5. The van der Waals surface area contributed by atoms with E-state index in [9.17, 15) is 9.90 Å². The van der Waals surface area contributed by atoms with Gasteiger partial charge >= 0.3 is 0 Å². The summed E-state index contributed by atoms with van der Waals surface area (Å²) in [6.45, 7) is 4.48. The zero-order chi connectivity index (χ0) is 13.6. The lowest BCUT2D eigenvalue weighted by molar-refractivity contribution is 0.0777. The van der Waals surface area contributed by atoms with Crippen LogP contribution in [0.4, 0.5) is 5.69 Å². The zero-order valence-corrected chi connectivity index (χ0v) is 10.6. The van der Waals surface area contributed by atoms with Crippen LogP contribution >= 0.6 is 0 Å². The fourth-order valence-electron chi connectivity index (χ4n) is 2.50. The number of carbonyl (C=O) groups is 1. The molecule has 2 heterocycles. The van der Waals surface area contributed by atoms with Crippen molar-refractivity contribution in [2.24, 2.45) is 4.99 Å². The minimum atomic E-state index is -0.102. The van der Waals surface area contributed by atoms with Gasteiger partial charge < -0.3 is 14.7 Å². The molecule has 5 heteroatoms. The van der Waals surface area contributed by atoms with Gasteiger partial charge in [-0.2, -0.15) is 0 Å². The minimum Gasteiger partial charge on any atom is -0.504 e. The van der Waals surface area contributed by atoms with Gasteiger partial charge in [0.25, 0.3) is 5.91 Å². The molecular formula is C14H14N2O3. The molecule has 5 nitrogen and oxygen atoms in total. The topological polar surface area (TPSA) is 62.1 Å². The zero-order valence-electron chi connectivity index (χ0n) is 10.6. The summed E-state index contributed by atoms with van der Waals surface area (Å²) in [4.78, 5) is 18.6. The number of nitrogens with zero attached hydrogens (tertiary/aromatic N) is 2. The van der Waals surface area contributed by atoms with Crippen molar-refractivity contribution >= 4 is 17.8 Å². The lowest BCUT2D eigenvalue weighted by Gasteiger charge is -2.19. The molecule has 1 amide bonds. The Morgan fingerprint density at radius 2 is 2.32 bits per heavy atom. The molecule has 1 fully saturated rings. The first-order valence-electron chi connectivity index (χ1n) is 6.03. The first-order chi connectivity index (χ1) is 9.10. The molecule has 19 heavy (non-hydrogen) atoms. The third-order valence-electron chi connectivity index (χ3n) is 3.47. The Morgan fingerprint density at radius 3 is 3.05 bits per heavy atom. The summed E-state index contributed by atoms with van der Waals surface area (Å²) in [7, 11) is 1.45. The van der Waals surface area contributed by atoms with Crippen molar-refractivity contribution in [1.82, 2.24) is 4.90 Å². The lowest BCUT2D eigenvalue weighted by Crippen LogP contribution is -2.35. The van der Waals surface area contributed by atoms with Crippen molar-refractivity contribution < 1.29 is 14.6 Å². The summed E-state index contributed by atoms with van der Waals surface area (Å²) in [5, 5.41) is 9.75. The highest BCUT2D eigenvalue weighted by Crippen LogP contribution is 2.37. The molecule has 98 valence electrons. The molecule has 0 aromatic heterocycles. The van der Waals surface area contributed by atoms with Gasteiger partial charge in [-0.3, -0.25) is 9.79 Å². The summed E-state index contributed by atoms with van der Waals surface area (Å²) in [5.41, 5.74) is 1.95. The maximum Gasteiger partial charge on any atom is 0.257 e. The van der Waals surface area contributed by atoms with E-state index in [1.807, 2.05) is 0 Å². The van der Waals surface area contributed by atoms with Crippen molar-refractivity contribution in [2.45, 2.75) is 12.5 Å². The molecule has 2 aliphatic heterocycles. The van der Waals surface area contributed by atoms with E-state index in [1.165, 1.54) is 19.2 Å². The number of carbonyl (C=O) groups excluding carboxylic acids is 1. The molecule has 1 aromatic rings. The van der Waals surface area contributed by atoms with E-state index in [2.05, 4.69) is 11.6 Å². The minimum absolute atomic E-state index is 0.0160. The van der Waals surface area contributed by atoms with Gasteiger partial charge in [-0.1, -0.05) is 12.2 Å². The maximum atomic E-state index is 12.5. The van der Waals surface area contributed by atoms with Crippen LogP contribution in [0, 0.1) is 0 Å². The van der Waals surface area contributed by atoms with Gasteiger partial charge in [0.15, 0.2) is 11.5 Å². The van der Waals surface area contributed by atoms with Crippen molar-refractivity contribution in [3.63, 3.8) is 0 Å². The van der Waals surface area contributed by atoms with Gasteiger partial charge in [0.05, 0.1) is 24.4 Å². The van der Waals surface area contributed by atoms with E-state index in [0.29, 0.717) is 17.8 Å². The Morgan fingerprint density at radius 1 is 1.53 bits per heavy atom. The standard InChI is InChI=1S/C14H14N2O3/c1-8-3-9-6-15-11-5-12(17)13(19-2)4-10(11)14(18)16(9)7-8/h4-6,9,17H,1,3,7H2,2H3/t9-/m0/s1. The number of hydrogen-bond acceptors (Lipinski definition) is 4. The van der Waals surface area contributed by atoms with Gasteiger partial charge in [0.1, 0.15) is 0 Å². The highest BCUT2D eigenvalue weighted by Gasteiger charge is 2.33. The first-order valence-corrected chi connectivity index (χ1v) is 6.03. The van der Waals surface area contributed by atoms with Crippen LogP contribution in [0.2, 0.25) is 0 Å². The van der Waals surface area contributed by atoms with E-state index in [-0.39, 0.29) is 23.4 Å². The van der Waals surface area contributed by atoms with E-state index in [0.717, 1.165) is 12.0 Å². The summed E-state index contributed by atoms with van der Waals surface area (Å²) < 4.78 is 5.04. The summed E-state index contributed by atoms with van der Waals surface area (Å²) in [5.74, 6) is 0.158. The number of aromatic hydroxyl groups is 1. The molecular weight excluding hydrogens is 244 g/mol. The highest BCUT2D eigenvalue weighted by atomic mass is 16.5. The predicted octanol–water partition coefficient (Wildman–Crippen LogP) is 1.89. The van der Waals surface area contributed by atoms with E-state index >= 15 is 0 Å². The summed E-state index contributed by atoms with van der Waals surface area (Å²) >= 11 is 0. The molecule has 0 radical (unpaired) electrons. The molecule has 0 aliphatic carbocycles. The van der Waals surface area contributed by atoms with Gasteiger partial charge in [0, 0.05) is 18.8 Å². The third-order valence-corrected chi connectivity index (χ3v) is 3.47. The molecule has 0 bridgehead atoms. The summed E-state index contributed by atoms with van der Waals surface area (Å²) in [6, 6.07) is 2.95. The smallest absolute Gasteiger partial charge is 0.257 e. The average molecular weight is 258 g/mol. The number of phenolic OH excluding ortho intramolecular Hbond substituents is 1. The molecule has 0 saturated carbocycles. The first kappa shape index (κ1) is 11.8. The number of rotatable bonds is 1. The number of hydrogen-bond donors (Lipinski definition) is 1. The van der Waals surface area contributed by atoms with E-state index in [1.54, 1.807) is 11.1 Å². The van der Waals surface area contributed by atoms with E-state index < -0.39 is 0 Å². The molecule has 2 aliphatic rings.